The summed E-state index contributed by atoms with van der Waals surface area (Å²) in [5.74, 6) is 0. The van der Waals surface area contributed by atoms with Crippen LogP contribution in [-0.4, -0.2) is 46.1 Å². The van der Waals surface area contributed by atoms with Crippen LogP contribution in [0.5, 0.6) is 0 Å². The SMILES string of the molecule is CCCCCCCCCCC[C@](O)(CO)[C@@H]1OCC[C@H]1N(Cc1ccccc1)Cc1ccccc1. The van der Waals surface area contributed by atoms with Crippen LogP contribution in [0.2, 0.25) is 0 Å². The van der Waals surface area contributed by atoms with Crippen LogP contribution in [-0.2, 0) is 17.8 Å². The van der Waals surface area contributed by atoms with Gasteiger partial charge in [0, 0.05) is 25.7 Å². The number of aliphatic hydroxyl groups is 2. The second kappa shape index (κ2) is 15.4. The van der Waals surface area contributed by atoms with Gasteiger partial charge in [-0.1, -0.05) is 125 Å². The Balaban J connectivity index is 1.60. The number of nitrogens with zero attached hydrogens (tertiary/aromatic N) is 1. The second-order valence-corrected chi connectivity index (χ2v) is 10.4. The van der Waals surface area contributed by atoms with E-state index in [0.717, 1.165) is 32.4 Å². The molecule has 0 unspecified atom stereocenters. The lowest BCUT2D eigenvalue weighted by molar-refractivity contribution is -0.136. The van der Waals surface area contributed by atoms with Gasteiger partial charge in [0.1, 0.15) is 11.7 Å². The minimum atomic E-state index is -1.20. The maximum Gasteiger partial charge on any atom is 0.115 e. The van der Waals surface area contributed by atoms with E-state index in [1.165, 1.54) is 56.1 Å². The first-order chi connectivity index (χ1) is 17.2. The molecule has 2 aromatic carbocycles. The van der Waals surface area contributed by atoms with Crippen molar-refractivity contribution in [2.45, 2.75) is 108 Å². The fourth-order valence-electron chi connectivity index (χ4n) is 5.44. The molecule has 2 N–H and O–H groups in total. The third-order valence-electron chi connectivity index (χ3n) is 7.50. The summed E-state index contributed by atoms with van der Waals surface area (Å²) in [6.07, 6.45) is 12.2. The van der Waals surface area contributed by atoms with Crippen LogP contribution >= 0.6 is 0 Å². The predicted octanol–water partition coefficient (Wildman–Crippen LogP) is 6.49. The molecule has 2 aromatic rings. The number of aliphatic hydroxyl groups excluding tert-OH is 1. The summed E-state index contributed by atoms with van der Waals surface area (Å²) >= 11 is 0. The molecule has 0 bridgehead atoms. The number of hydrogen-bond acceptors (Lipinski definition) is 4. The monoisotopic (exact) mass is 481 g/mol. The molecule has 1 saturated heterocycles. The van der Waals surface area contributed by atoms with E-state index in [0.29, 0.717) is 13.0 Å². The van der Waals surface area contributed by atoms with E-state index in [-0.39, 0.29) is 18.8 Å². The summed E-state index contributed by atoms with van der Waals surface area (Å²) < 4.78 is 6.16. The van der Waals surface area contributed by atoms with Gasteiger partial charge in [0.05, 0.1) is 6.61 Å². The van der Waals surface area contributed by atoms with E-state index in [4.69, 9.17) is 4.74 Å². The van der Waals surface area contributed by atoms with Crippen molar-refractivity contribution in [2.75, 3.05) is 13.2 Å². The largest absolute Gasteiger partial charge is 0.393 e. The van der Waals surface area contributed by atoms with Crippen molar-refractivity contribution in [3.8, 4) is 0 Å². The molecule has 3 atom stereocenters. The van der Waals surface area contributed by atoms with Crippen molar-refractivity contribution in [2.24, 2.45) is 0 Å². The number of ether oxygens (including phenoxy) is 1. The first-order valence-electron chi connectivity index (χ1n) is 13.9. The fourth-order valence-corrected chi connectivity index (χ4v) is 5.44. The molecule has 0 aromatic heterocycles. The summed E-state index contributed by atoms with van der Waals surface area (Å²) in [6.45, 7) is 4.20. The molecular formula is C31H47NO3. The van der Waals surface area contributed by atoms with Crippen LogP contribution in [0.4, 0.5) is 0 Å². The van der Waals surface area contributed by atoms with E-state index in [1.807, 2.05) is 12.1 Å². The quantitative estimate of drug-likeness (QED) is 0.254. The summed E-state index contributed by atoms with van der Waals surface area (Å²) in [4.78, 5) is 2.43. The summed E-state index contributed by atoms with van der Waals surface area (Å²) in [5, 5.41) is 21.9. The van der Waals surface area contributed by atoms with Gasteiger partial charge in [-0.2, -0.15) is 0 Å². The number of unbranched alkanes of at least 4 members (excludes halogenated alkanes) is 8. The zero-order chi connectivity index (χ0) is 24.8. The molecule has 0 aliphatic carbocycles. The third kappa shape index (κ3) is 9.02. The Labute approximate surface area is 213 Å². The summed E-state index contributed by atoms with van der Waals surface area (Å²) in [5.41, 5.74) is 1.30. The van der Waals surface area contributed by atoms with Crippen LogP contribution < -0.4 is 0 Å². The van der Waals surface area contributed by atoms with Gasteiger partial charge in [0.25, 0.3) is 0 Å². The molecule has 1 aliphatic rings. The van der Waals surface area contributed by atoms with Gasteiger partial charge in [0.2, 0.25) is 0 Å². The number of hydrogen-bond donors (Lipinski definition) is 2. The second-order valence-electron chi connectivity index (χ2n) is 10.4. The van der Waals surface area contributed by atoms with Crippen molar-refractivity contribution >= 4 is 0 Å². The van der Waals surface area contributed by atoms with Crippen LogP contribution in [0, 0.1) is 0 Å². The Morgan fingerprint density at radius 2 is 1.31 bits per heavy atom. The molecule has 0 spiro atoms. The van der Waals surface area contributed by atoms with Gasteiger partial charge in [0.15, 0.2) is 0 Å². The summed E-state index contributed by atoms with van der Waals surface area (Å²) in [6, 6.07) is 21.1. The van der Waals surface area contributed by atoms with Crippen molar-refractivity contribution < 1.29 is 14.9 Å². The van der Waals surface area contributed by atoms with Crippen LogP contribution in [0.1, 0.15) is 88.7 Å². The van der Waals surface area contributed by atoms with E-state index in [9.17, 15) is 10.2 Å². The molecule has 4 heteroatoms. The number of benzene rings is 2. The minimum absolute atomic E-state index is 0.0612. The maximum absolute atomic E-state index is 11.6. The third-order valence-corrected chi connectivity index (χ3v) is 7.50. The Kier molecular flexibility index (Phi) is 12.3. The first kappa shape index (κ1) is 27.9. The minimum Gasteiger partial charge on any atom is -0.393 e. The molecule has 1 aliphatic heterocycles. The molecule has 0 radical (unpaired) electrons. The molecular weight excluding hydrogens is 434 g/mol. The van der Waals surface area contributed by atoms with Crippen molar-refractivity contribution in [3.63, 3.8) is 0 Å². The first-order valence-corrected chi connectivity index (χ1v) is 13.9. The zero-order valence-corrected chi connectivity index (χ0v) is 21.8. The highest BCUT2D eigenvalue weighted by Gasteiger charge is 2.46. The van der Waals surface area contributed by atoms with Gasteiger partial charge in [-0.3, -0.25) is 4.90 Å². The summed E-state index contributed by atoms with van der Waals surface area (Å²) in [7, 11) is 0. The average molecular weight is 482 g/mol. The molecule has 0 amide bonds. The van der Waals surface area contributed by atoms with Gasteiger partial charge in [-0.05, 0) is 24.0 Å². The lowest BCUT2D eigenvalue weighted by Gasteiger charge is -2.40. The topological polar surface area (TPSA) is 52.9 Å². The Bertz CT molecular complexity index is 758. The van der Waals surface area contributed by atoms with E-state index in [2.05, 4.69) is 60.4 Å². The van der Waals surface area contributed by atoms with Gasteiger partial charge in [-0.15, -0.1) is 0 Å². The number of rotatable bonds is 17. The highest BCUT2D eigenvalue weighted by Crippen LogP contribution is 2.33. The maximum atomic E-state index is 11.6. The molecule has 3 rings (SSSR count). The Morgan fingerprint density at radius 3 is 1.83 bits per heavy atom. The predicted molar refractivity (Wildman–Crippen MR) is 144 cm³/mol. The Hall–Kier alpha value is -1.72. The van der Waals surface area contributed by atoms with Crippen LogP contribution in [0.25, 0.3) is 0 Å². The van der Waals surface area contributed by atoms with Gasteiger partial charge < -0.3 is 14.9 Å². The highest BCUT2D eigenvalue weighted by molar-refractivity contribution is 5.18. The molecule has 0 saturated carbocycles. The van der Waals surface area contributed by atoms with Gasteiger partial charge in [-0.25, -0.2) is 0 Å². The Morgan fingerprint density at radius 1 is 0.800 bits per heavy atom. The highest BCUT2D eigenvalue weighted by atomic mass is 16.5. The molecule has 4 nitrogen and oxygen atoms in total. The van der Waals surface area contributed by atoms with E-state index < -0.39 is 5.60 Å². The standard InChI is InChI=1S/C31H47NO3/c1-2-3-4-5-6-7-8-9-16-22-31(34,26-33)30-29(21-23-35-30)32(24-27-17-12-10-13-18-27)25-28-19-14-11-15-20-28/h10-15,17-20,29-30,33-34H,2-9,16,21-26H2,1H3/t29-,30-,31+/m1/s1. The molecule has 1 fully saturated rings. The van der Waals surface area contributed by atoms with Crippen LogP contribution in [0.15, 0.2) is 60.7 Å². The molecule has 194 valence electrons. The lowest BCUT2D eigenvalue weighted by atomic mass is 9.85. The van der Waals surface area contributed by atoms with Crippen molar-refractivity contribution in [1.29, 1.82) is 0 Å². The fraction of sp³-hybridized carbons (Fsp3) is 0.613. The molecule has 1 heterocycles. The average Bonchev–Trinajstić information content (AvgIpc) is 3.39. The smallest absolute Gasteiger partial charge is 0.115 e. The van der Waals surface area contributed by atoms with Crippen molar-refractivity contribution in [3.05, 3.63) is 71.8 Å². The van der Waals surface area contributed by atoms with Gasteiger partial charge >= 0.3 is 0 Å². The van der Waals surface area contributed by atoms with Crippen molar-refractivity contribution in [1.82, 2.24) is 4.90 Å². The lowest BCUT2D eigenvalue weighted by Crippen LogP contribution is -2.55. The van der Waals surface area contributed by atoms with Crippen LogP contribution in [0.3, 0.4) is 0 Å². The van der Waals surface area contributed by atoms with E-state index in [1.54, 1.807) is 0 Å². The zero-order valence-electron chi connectivity index (χ0n) is 21.8. The normalized spacial score (nSPS) is 19.8. The van der Waals surface area contributed by atoms with E-state index >= 15 is 0 Å². The molecule has 35 heavy (non-hydrogen) atoms.